The van der Waals surface area contributed by atoms with Crippen LogP contribution < -0.4 is 4.90 Å². The molecule has 7 heteroatoms. The van der Waals surface area contributed by atoms with Gasteiger partial charge in [0.25, 0.3) is 0 Å². The molecule has 1 unspecified atom stereocenters. The Labute approximate surface area is 203 Å². The summed E-state index contributed by atoms with van der Waals surface area (Å²) < 4.78 is 2.54. The van der Waals surface area contributed by atoms with Crippen LogP contribution in [0.25, 0.3) is 11.1 Å². The number of para-hydroxylation sites is 1. The molecule has 1 saturated heterocycles. The van der Waals surface area contributed by atoms with Gasteiger partial charge in [0.05, 0.1) is 11.3 Å². The fourth-order valence-electron chi connectivity index (χ4n) is 4.84. The lowest BCUT2D eigenvalue weighted by Crippen LogP contribution is -2.32. The fraction of sp³-hybridized carbons (Fsp3) is 0.308. The minimum Gasteiger partial charge on any atom is -0.478 e. The Morgan fingerprint density at radius 2 is 1.97 bits per heavy atom. The summed E-state index contributed by atoms with van der Waals surface area (Å²) in [4.78, 5) is 20.5. The molecule has 1 atom stereocenters. The van der Waals surface area contributed by atoms with Gasteiger partial charge < -0.3 is 10.0 Å². The van der Waals surface area contributed by atoms with Crippen LogP contribution in [0.4, 0.5) is 11.4 Å². The summed E-state index contributed by atoms with van der Waals surface area (Å²) in [6.45, 7) is 6.68. The van der Waals surface area contributed by atoms with Crippen molar-refractivity contribution in [1.29, 1.82) is 0 Å². The van der Waals surface area contributed by atoms with Crippen molar-refractivity contribution in [1.82, 2.24) is 9.29 Å². The predicted molar refractivity (Wildman–Crippen MR) is 137 cm³/mol. The molecule has 5 rings (SSSR count). The maximum atomic E-state index is 11.5. The number of hydrogen-bond acceptors (Lipinski definition) is 6. The lowest BCUT2D eigenvalue weighted by Gasteiger charge is -2.28. The van der Waals surface area contributed by atoms with Crippen molar-refractivity contribution in [3.05, 3.63) is 66.5 Å². The lowest BCUT2D eigenvalue weighted by atomic mass is 9.90. The van der Waals surface area contributed by atoms with E-state index in [1.54, 1.807) is 24.0 Å². The highest BCUT2D eigenvalue weighted by molar-refractivity contribution is 7.98. The van der Waals surface area contributed by atoms with E-state index in [0.717, 1.165) is 35.5 Å². The molecule has 3 heterocycles. The number of benzene rings is 2. The molecule has 1 aromatic heterocycles. The molecule has 5 nitrogen and oxygen atoms in total. The molecule has 0 radical (unpaired) electrons. The van der Waals surface area contributed by atoms with Crippen LogP contribution in [-0.2, 0) is 0 Å². The Hall–Kier alpha value is -2.48. The number of anilines is 2. The molecule has 2 aliphatic heterocycles. The highest BCUT2D eigenvalue weighted by Gasteiger charge is 2.41. The highest BCUT2D eigenvalue weighted by atomic mass is 32.2. The van der Waals surface area contributed by atoms with Gasteiger partial charge in [0, 0.05) is 52.6 Å². The van der Waals surface area contributed by atoms with Crippen molar-refractivity contribution < 1.29 is 9.90 Å². The quantitative estimate of drug-likeness (QED) is 0.343. The molecule has 0 saturated carbocycles. The first-order valence-corrected chi connectivity index (χ1v) is 13.0. The van der Waals surface area contributed by atoms with Gasteiger partial charge >= 0.3 is 5.97 Å². The highest BCUT2D eigenvalue weighted by Crippen LogP contribution is 2.50. The number of carboxylic acid groups (broad SMARTS) is 1. The van der Waals surface area contributed by atoms with Crippen LogP contribution in [0.3, 0.4) is 0 Å². The molecule has 33 heavy (non-hydrogen) atoms. The van der Waals surface area contributed by atoms with Gasteiger partial charge in [0.2, 0.25) is 0 Å². The van der Waals surface area contributed by atoms with Gasteiger partial charge in [-0.2, -0.15) is 0 Å². The van der Waals surface area contributed by atoms with Gasteiger partial charge in [-0.15, -0.1) is 11.8 Å². The number of rotatable bonds is 4. The topological polar surface area (TPSA) is 56.7 Å². The van der Waals surface area contributed by atoms with Crippen molar-refractivity contribution in [3.8, 4) is 11.1 Å². The predicted octanol–water partition coefficient (Wildman–Crippen LogP) is 6.43. The smallest absolute Gasteiger partial charge is 0.337 e. The van der Waals surface area contributed by atoms with Crippen LogP contribution in [0.1, 0.15) is 30.6 Å². The molecule has 1 fully saturated rings. The second kappa shape index (κ2) is 8.70. The maximum absolute atomic E-state index is 11.5. The van der Waals surface area contributed by atoms with Crippen LogP contribution in [0.2, 0.25) is 0 Å². The van der Waals surface area contributed by atoms with E-state index >= 15 is 0 Å². The zero-order chi connectivity index (χ0) is 23.2. The van der Waals surface area contributed by atoms with Gasteiger partial charge in [-0.25, -0.2) is 9.10 Å². The first kappa shape index (κ1) is 22.3. The summed E-state index contributed by atoms with van der Waals surface area (Å²) in [6.07, 6.45) is 6.38. The van der Waals surface area contributed by atoms with Crippen LogP contribution in [0, 0.1) is 5.41 Å². The summed E-state index contributed by atoms with van der Waals surface area (Å²) in [5, 5.41) is 9.46. The zero-order valence-corrected chi connectivity index (χ0v) is 20.6. The first-order valence-electron chi connectivity index (χ1n) is 11.0. The maximum Gasteiger partial charge on any atom is 0.337 e. The zero-order valence-electron chi connectivity index (χ0n) is 19.0. The Bertz CT molecular complexity index is 1200. The molecule has 170 valence electrons. The summed E-state index contributed by atoms with van der Waals surface area (Å²) >= 11 is 3.51. The standard InChI is InChI=1S/C26H27N3O2S2/c1-26(2)12-20-15-28(19-7-5-4-6-8-19)22-11-23(32-3)21(10-24(22)33-29(20)16-26)17-9-18(25(30)31)14-27-13-17/h4-11,13-14,20H,12,15-16H2,1-3H3,(H,30,31). The van der Waals surface area contributed by atoms with Crippen molar-refractivity contribution >= 4 is 41.1 Å². The van der Waals surface area contributed by atoms with Crippen molar-refractivity contribution in [3.63, 3.8) is 0 Å². The van der Waals surface area contributed by atoms with E-state index in [9.17, 15) is 9.90 Å². The third-order valence-electron chi connectivity index (χ3n) is 6.32. The monoisotopic (exact) mass is 477 g/mol. The van der Waals surface area contributed by atoms with E-state index in [-0.39, 0.29) is 11.0 Å². The van der Waals surface area contributed by atoms with Crippen LogP contribution in [-0.4, -0.2) is 45.8 Å². The number of nitrogens with zero attached hydrogens (tertiary/aromatic N) is 3. The molecular weight excluding hydrogens is 450 g/mol. The number of aromatic carboxylic acids is 1. The van der Waals surface area contributed by atoms with E-state index < -0.39 is 5.97 Å². The minimum absolute atomic E-state index is 0.203. The first-order chi connectivity index (χ1) is 15.8. The van der Waals surface area contributed by atoms with E-state index in [0.29, 0.717) is 6.04 Å². The van der Waals surface area contributed by atoms with E-state index in [1.165, 1.54) is 22.5 Å². The van der Waals surface area contributed by atoms with Crippen LogP contribution >= 0.6 is 23.7 Å². The van der Waals surface area contributed by atoms with Gasteiger partial charge in [0.15, 0.2) is 0 Å². The van der Waals surface area contributed by atoms with Crippen molar-refractivity contribution in [2.75, 3.05) is 24.2 Å². The number of aromatic nitrogens is 1. The van der Waals surface area contributed by atoms with Gasteiger partial charge in [-0.05, 0) is 65.9 Å². The number of carbonyl (C=O) groups is 1. The number of thioether (sulfide) groups is 1. The summed E-state index contributed by atoms with van der Waals surface area (Å²) in [5.41, 5.74) is 4.73. The number of pyridine rings is 1. The molecule has 1 N–H and O–H groups in total. The molecule has 2 aliphatic rings. The van der Waals surface area contributed by atoms with Gasteiger partial charge in [0.1, 0.15) is 0 Å². The average molecular weight is 478 g/mol. The Morgan fingerprint density at radius 1 is 1.18 bits per heavy atom. The van der Waals surface area contributed by atoms with Gasteiger partial charge in [-0.3, -0.25) is 4.98 Å². The third-order valence-corrected chi connectivity index (χ3v) is 8.29. The second-order valence-electron chi connectivity index (χ2n) is 9.42. The molecule has 3 aromatic rings. The molecular formula is C26H27N3O2S2. The van der Waals surface area contributed by atoms with E-state index in [1.807, 2.05) is 11.9 Å². The van der Waals surface area contributed by atoms with Crippen molar-refractivity contribution in [2.24, 2.45) is 5.41 Å². The second-order valence-corrected chi connectivity index (χ2v) is 11.4. The lowest BCUT2D eigenvalue weighted by molar-refractivity contribution is 0.0696. The Morgan fingerprint density at radius 3 is 2.70 bits per heavy atom. The summed E-state index contributed by atoms with van der Waals surface area (Å²) in [5.74, 6) is -0.962. The normalized spacial score (nSPS) is 19.6. The largest absolute Gasteiger partial charge is 0.478 e. The van der Waals surface area contributed by atoms with Crippen LogP contribution in [0.15, 0.2) is 70.7 Å². The Balaban J connectivity index is 1.66. The summed E-state index contributed by atoms with van der Waals surface area (Å²) in [7, 11) is 0. The van der Waals surface area contributed by atoms with E-state index in [2.05, 4.69) is 76.8 Å². The molecule has 0 bridgehead atoms. The summed E-state index contributed by atoms with van der Waals surface area (Å²) in [6, 6.07) is 17.3. The minimum atomic E-state index is -0.962. The number of carboxylic acids is 1. The Kier molecular flexibility index (Phi) is 5.89. The fourth-order valence-corrected chi connectivity index (χ4v) is 6.85. The van der Waals surface area contributed by atoms with E-state index in [4.69, 9.17) is 0 Å². The van der Waals surface area contributed by atoms with Crippen LogP contribution in [0.5, 0.6) is 0 Å². The molecule has 0 aliphatic carbocycles. The van der Waals surface area contributed by atoms with Gasteiger partial charge in [-0.1, -0.05) is 32.0 Å². The average Bonchev–Trinajstić information content (AvgIpc) is 3.02. The third kappa shape index (κ3) is 4.37. The number of fused-ring (bicyclic) bond motifs is 2. The van der Waals surface area contributed by atoms with Crippen molar-refractivity contribution in [2.45, 2.75) is 36.1 Å². The molecule has 0 amide bonds. The SMILES string of the molecule is CSc1cc2c(cc1-c1cncc(C(=O)O)c1)SN1CC(C)(C)CC1CN2c1ccccc1. The number of hydrogen-bond donors (Lipinski definition) is 1. The molecule has 0 spiro atoms. The molecule has 2 aromatic carbocycles.